The van der Waals surface area contributed by atoms with Gasteiger partial charge in [0.25, 0.3) is 0 Å². The first kappa shape index (κ1) is 16.7. The average Bonchev–Trinajstić information content (AvgIpc) is 3.19. The van der Waals surface area contributed by atoms with Gasteiger partial charge >= 0.3 is 0 Å². The fraction of sp³-hybridized carbons (Fsp3) is 0.130. The number of fused-ring (bicyclic) bond motifs is 1. The maximum Gasteiger partial charge on any atom is 0.0899 e. The third-order valence-electron chi connectivity index (χ3n) is 4.51. The van der Waals surface area contributed by atoms with E-state index >= 15 is 0 Å². The molecule has 1 heterocycles. The van der Waals surface area contributed by atoms with Crippen LogP contribution in [-0.2, 0) is 13.0 Å². The number of hydrogen-bond acceptors (Lipinski definition) is 3. The first-order valence-electron chi connectivity index (χ1n) is 8.70. The van der Waals surface area contributed by atoms with Crippen LogP contribution in [0.25, 0.3) is 6.08 Å². The minimum Gasteiger partial charge on any atom is -0.278 e. The Morgan fingerprint density at radius 1 is 1.04 bits per heavy atom. The number of aliphatic imine (C=N–C) groups is 2. The number of rotatable bonds is 5. The predicted molar refractivity (Wildman–Crippen MR) is 113 cm³/mol. The van der Waals surface area contributed by atoms with E-state index in [4.69, 9.17) is 4.99 Å². The van der Waals surface area contributed by atoms with Crippen LogP contribution in [0.4, 0.5) is 5.69 Å². The zero-order valence-electron chi connectivity index (χ0n) is 14.8. The molecule has 0 saturated heterocycles. The van der Waals surface area contributed by atoms with Crippen molar-refractivity contribution in [3.05, 3.63) is 92.7 Å². The van der Waals surface area contributed by atoms with Gasteiger partial charge < -0.3 is 0 Å². The van der Waals surface area contributed by atoms with Gasteiger partial charge in [0, 0.05) is 22.4 Å². The third-order valence-corrected chi connectivity index (χ3v) is 5.71. The second kappa shape index (κ2) is 7.22. The summed E-state index contributed by atoms with van der Waals surface area (Å²) in [5.41, 5.74) is 6.90. The average molecular weight is 356 g/mol. The fourth-order valence-electron chi connectivity index (χ4n) is 3.27. The summed E-state index contributed by atoms with van der Waals surface area (Å²) < 4.78 is 0. The fourth-order valence-corrected chi connectivity index (χ4v) is 4.64. The van der Waals surface area contributed by atoms with Crippen LogP contribution in [0.15, 0.2) is 76.2 Å². The standard InChI is InChI=1S/C23H20N2S/c1-16-13-19-20(14-16)26-23(22(19)24-2)21(18-11-7-4-8-12-18)25-15-17-9-5-3-6-10-17/h3-13H,2,14-15H2,1H3. The van der Waals surface area contributed by atoms with E-state index in [9.17, 15) is 0 Å². The molecule has 1 aliphatic rings. The second-order valence-electron chi connectivity index (χ2n) is 6.46. The third kappa shape index (κ3) is 3.18. The van der Waals surface area contributed by atoms with Crippen LogP contribution in [0.1, 0.15) is 33.4 Å². The number of nitrogens with zero attached hydrogens (tertiary/aromatic N) is 2. The molecule has 0 spiro atoms. The lowest BCUT2D eigenvalue weighted by atomic mass is 10.1. The molecule has 0 radical (unpaired) electrons. The topological polar surface area (TPSA) is 24.7 Å². The van der Waals surface area contributed by atoms with Gasteiger partial charge in [-0.05, 0) is 19.2 Å². The molecular formula is C23H20N2S. The summed E-state index contributed by atoms with van der Waals surface area (Å²) in [6, 6.07) is 20.7. The van der Waals surface area contributed by atoms with Crippen molar-refractivity contribution in [2.75, 3.05) is 0 Å². The summed E-state index contributed by atoms with van der Waals surface area (Å²) >= 11 is 1.80. The van der Waals surface area contributed by atoms with Gasteiger partial charge in [0.15, 0.2) is 0 Å². The molecule has 0 saturated carbocycles. The summed E-state index contributed by atoms with van der Waals surface area (Å²) in [5.74, 6) is 0. The molecule has 0 bridgehead atoms. The first-order chi connectivity index (χ1) is 12.8. The highest BCUT2D eigenvalue weighted by Crippen LogP contribution is 2.43. The van der Waals surface area contributed by atoms with Gasteiger partial charge in [0.2, 0.25) is 0 Å². The minimum atomic E-state index is 0.652. The normalized spacial score (nSPS) is 13.4. The van der Waals surface area contributed by atoms with Gasteiger partial charge in [-0.25, -0.2) is 0 Å². The Balaban J connectivity index is 1.82. The van der Waals surface area contributed by atoms with Crippen LogP contribution in [-0.4, -0.2) is 12.4 Å². The summed E-state index contributed by atoms with van der Waals surface area (Å²) in [6.07, 6.45) is 3.24. The second-order valence-corrected chi connectivity index (χ2v) is 7.56. The molecule has 0 unspecified atom stereocenters. The Morgan fingerprint density at radius 2 is 1.73 bits per heavy atom. The van der Waals surface area contributed by atoms with Crippen molar-refractivity contribution in [3.63, 3.8) is 0 Å². The molecule has 0 aliphatic heterocycles. The van der Waals surface area contributed by atoms with Crippen molar-refractivity contribution in [2.45, 2.75) is 19.9 Å². The smallest absolute Gasteiger partial charge is 0.0899 e. The van der Waals surface area contributed by atoms with Crippen molar-refractivity contribution in [1.29, 1.82) is 0 Å². The maximum absolute atomic E-state index is 4.99. The van der Waals surface area contributed by atoms with Crippen LogP contribution < -0.4 is 0 Å². The molecule has 3 heteroatoms. The van der Waals surface area contributed by atoms with Crippen molar-refractivity contribution in [3.8, 4) is 0 Å². The monoisotopic (exact) mass is 356 g/mol. The van der Waals surface area contributed by atoms with Crippen LogP contribution in [0.5, 0.6) is 0 Å². The summed E-state index contributed by atoms with van der Waals surface area (Å²) in [6.45, 7) is 6.65. The highest BCUT2D eigenvalue weighted by Gasteiger charge is 2.24. The Labute approximate surface area is 158 Å². The van der Waals surface area contributed by atoms with E-state index in [0.29, 0.717) is 6.54 Å². The molecular weight excluding hydrogens is 336 g/mol. The van der Waals surface area contributed by atoms with Crippen LogP contribution in [0, 0.1) is 0 Å². The highest BCUT2D eigenvalue weighted by atomic mass is 32.1. The van der Waals surface area contributed by atoms with E-state index in [2.05, 4.69) is 73.2 Å². The lowest BCUT2D eigenvalue weighted by Gasteiger charge is -2.08. The number of thiophene rings is 1. The molecule has 2 aromatic carbocycles. The predicted octanol–water partition coefficient (Wildman–Crippen LogP) is 6.08. The van der Waals surface area contributed by atoms with Crippen LogP contribution >= 0.6 is 11.3 Å². The number of allylic oxidation sites excluding steroid dienone is 1. The molecule has 3 aromatic rings. The van der Waals surface area contributed by atoms with Crippen LogP contribution in [0.3, 0.4) is 0 Å². The summed E-state index contributed by atoms with van der Waals surface area (Å²) in [4.78, 5) is 11.9. The number of hydrogen-bond donors (Lipinski definition) is 0. The van der Waals surface area contributed by atoms with Gasteiger partial charge in [-0.3, -0.25) is 9.98 Å². The lowest BCUT2D eigenvalue weighted by molar-refractivity contribution is 1.07. The van der Waals surface area contributed by atoms with Gasteiger partial charge in [-0.2, -0.15) is 0 Å². The maximum atomic E-state index is 4.99. The number of benzene rings is 2. The summed E-state index contributed by atoms with van der Waals surface area (Å²) in [5, 5.41) is 0. The van der Waals surface area contributed by atoms with Crippen molar-refractivity contribution in [1.82, 2.24) is 0 Å². The van der Waals surface area contributed by atoms with Crippen molar-refractivity contribution < 1.29 is 0 Å². The van der Waals surface area contributed by atoms with Crippen molar-refractivity contribution in [2.24, 2.45) is 9.98 Å². The Bertz CT molecular complexity index is 995. The van der Waals surface area contributed by atoms with E-state index in [-0.39, 0.29) is 0 Å². The molecule has 128 valence electrons. The largest absolute Gasteiger partial charge is 0.278 e. The van der Waals surface area contributed by atoms with E-state index in [1.54, 1.807) is 11.3 Å². The summed E-state index contributed by atoms with van der Waals surface area (Å²) in [7, 11) is 0. The lowest BCUT2D eigenvalue weighted by Crippen LogP contribution is -2.02. The molecule has 4 rings (SSSR count). The Morgan fingerprint density at radius 3 is 2.42 bits per heavy atom. The Hall–Kier alpha value is -2.78. The van der Waals surface area contributed by atoms with Crippen molar-refractivity contribution >= 4 is 35.5 Å². The van der Waals surface area contributed by atoms with E-state index in [0.717, 1.165) is 28.3 Å². The molecule has 0 atom stereocenters. The molecule has 0 amide bonds. The molecule has 2 nitrogen and oxygen atoms in total. The quantitative estimate of drug-likeness (QED) is 0.495. The first-order valence-corrected chi connectivity index (χ1v) is 9.51. The van der Waals surface area contributed by atoms with Gasteiger partial charge in [0.05, 0.1) is 22.8 Å². The highest BCUT2D eigenvalue weighted by molar-refractivity contribution is 7.15. The molecule has 1 aromatic heterocycles. The van der Waals surface area contributed by atoms with Gasteiger partial charge in [-0.15, -0.1) is 11.3 Å². The van der Waals surface area contributed by atoms with Gasteiger partial charge in [0.1, 0.15) is 0 Å². The zero-order chi connectivity index (χ0) is 17.9. The van der Waals surface area contributed by atoms with Gasteiger partial charge in [-0.1, -0.05) is 72.3 Å². The molecule has 26 heavy (non-hydrogen) atoms. The molecule has 0 fully saturated rings. The SMILES string of the molecule is C=Nc1c(C(=NCc2ccccc2)c2ccccc2)sc2c1C=C(C)C2. The van der Waals surface area contributed by atoms with E-state index in [1.165, 1.54) is 21.6 Å². The molecule has 0 N–H and O–H groups in total. The Kier molecular flexibility index (Phi) is 4.63. The van der Waals surface area contributed by atoms with E-state index < -0.39 is 0 Å². The zero-order valence-corrected chi connectivity index (χ0v) is 15.6. The molecule has 1 aliphatic carbocycles. The van der Waals surface area contributed by atoms with E-state index in [1.807, 2.05) is 12.1 Å². The van der Waals surface area contributed by atoms with Crippen LogP contribution in [0.2, 0.25) is 0 Å². The minimum absolute atomic E-state index is 0.652.